The van der Waals surface area contributed by atoms with Gasteiger partial charge in [-0.1, -0.05) is 127 Å². The predicted octanol–water partition coefficient (Wildman–Crippen LogP) is 13.0. The molecule has 4 aromatic heterocycles. The molecule has 12 rings (SSSR count). The fourth-order valence-corrected chi connectivity index (χ4v) is 8.65. The molecule has 6 nitrogen and oxygen atoms in total. The van der Waals surface area contributed by atoms with Crippen LogP contribution in [0.15, 0.2) is 192 Å². The third-order valence-electron chi connectivity index (χ3n) is 11.2. The Hall–Kier alpha value is -7.83. The van der Waals surface area contributed by atoms with Gasteiger partial charge < -0.3 is 13.6 Å². The highest BCUT2D eigenvalue weighted by molar-refractivity contribution is 6.25. The zero-order valence-electron chi connectivity index (χ0n) is 30.5. The van der Waals surface area contributed by atoms with Crippen molar-refractivity contribution < 1.29 is 4.42 Å². The summed E-state index contributed by atoms with van der Waals surface area (Å²) in [5.41, 5.74) is 11.0. The fourth-order valence-electron chi connectivity index (χ4n) is 8.65. The number of rotatable bonds is 5. The van der Waals surface area contributed by atoms with E-state index in [4.69, 9.17) is 19.4 Å². The Morgan fingerprint density at radius 1 is 0.368 bits per heavy atom. The van der Waals surface area contributed by atoms with Crippen molar-refractivity contribution in [3.05, 3.63) is 188 Å². The first-order valence-corrected chi connectivity index (χ1v) is 19.1. The lowest BCUT2D eigenvalue weighted by molar-refractivity contribution is 0.666. The van der Waals surface area contributed by atoms with Gasteiger partial charge in [0.25, 0.3) is 0 Å². The largest absolute Gasteiger partial charge is 0.454 e. The molecule has 0 aliphatic carbocycles. The molecule has 4 heterocycles. The lowest BCUT2D eigenvalue weighted by Gasteiger charge is -2.10. The van der Waals surface area contributed by atoms with Gasteiger partial charge in [0, 0.05) is 49.3 Å². The maximum atomic E-state index is 6.94. The summed E-state index contributed by atoms with van der Waals surface area (Å²) in [5, 5.41) is 6.79. The monoisotopic (exact) mass is 729 g/mol. The standard InChI is InChI=1S/C51H31N5O/c1-4-15-32(16-5-1)49-52-50(33-17-6-2-7-18-33)54-51(53-49)34-27-29-43-40(31-34)38-28-30-45-46(47(38)55(43)35-19-8-3-9-20-35)39-23-14-26-44(48(39)57-45)56-41-24-12-10-21-36(41)37-22-11-13-25-42(37)56/h1-31H. The van der Waals surface area contributed by atoms with Gasteiger partial charge in [-0.3, -0.25) is 0 Å². The Labute approximate surface area is 326 Å². The predicted molar refractivity (Wildman–Crippen MR) is 232 cm³/mol. The van der Waals surface area contributed by atoms with Crippen LogP contribution in [0.2, 0.25) is 0 Å². The summed E-state index contributed by atoms with van der Waals surface area (Å²) in [6.45, 7) is 0. The van der Waals surface area contributed by atoms with Crippen LogP contribution in [-0.2, 0) is 0 Å². The van der Waals surface area contributed by atoms with Crippen LogP contribution in [0.5, 0.6) is 0 Å². The highest BCUT2D eigenvalue weighted by Gasteiger charge is 2.23. The van der Waals surface area contributed by atoms with Gasteiger partial charge in [0.05, 0.1) is 33.1 Å². The molecule has 0 aliphatic heterocycles. The van der Waals surface area contributed by atoms with Gasteiger partial charge in [-0.2, -0.15) is 0 Å². The van der Waals surface area contributed by atoms with E-state index in [1.807, 2.05) is 60.7 Å². The molecule has 6 heteroatoms. The minimum Gasteiger partial charge on any atom is -0.454 e. The number of fused-ring (bicyclic) bond motifs is 10. The number of furan rings is 1. The molecule has 0 fully saturated rings. The van der Waals surface area contributed by atoms with E-state index in [0.717, 1.165) is 82.8 Å². The molecular weight excluding hydrogens is 699 g/mol. The van der Waals surface area contributed by atoms with E-state index in [0.29, 0.717) is 17.5 Å². The highest BCUT2D eigenvalue weighted by Crippen LogP contribution is 2.44. The first-order valence-electron chi connectivity index (χ1n) is 19.1. The van der Waals surface area contributed by atoms with Crippen molar-refractivity contribution in [3.63, 3.8) is 0 Å². The van der Waals surface area contributed by atoms with E-state index in [-0.39, 0.29) is 0 Å². The molecule has 266 valence electrons. The summed E-state index contributed by atoms with van der Waals surface area (Å²) in [6, 6.07) is 65.4. The lowest BCUT2D eigenvalue weighted by Crippen LogP contribution is -2.00. The molecule has 12 aromatic rings. The van der Waals surface area contributed by atoms with Crippen LogP contribution in [0.1, 0.15) is 0 Å². The molecule has 0 N–H and O–H groups in total. The van der Waals surface area contributed by atoms with Crippen molar-refractivity contribution >= 4 is 65.6 Å². The number of para-hydroxylation sites is 4. The van der Waals surface area contributed by atoms with E-state index in [2.05, 4.69) is 137 Å². The fraction of sp³-hybridized carbons (Fsp3) is 0. The van der Waals surface area contributed by atoms with E-state index in [9.17, 15) is 0 Å². The van der Waals surface area contributed by atoms with Crippen LogP contribution in [0.3, 0.4) is 0 Å². The molecule has 0 saturated heterocycles. The van der Waals surface area contributed by atoms with Gasteiger partial charge in [-0.15, -0.1) is 0 Å². The third kappa shape index (κ3) is 4.81. The SMILES string of the molecule is c1ccc(-c2nc(-c3ccccc3)nc(-c3ccc4c(c3)c3ccc5oc6c(-n7c8ccccc8c8ccccc87)cccc6c5c3n4-c3ccccc3)n2)cc1. The summed E-state index contributed by atoms with van der Waals surface area (Å²) in [4.78, 5) is 15.1. The minimum absolute atomic E-state index is 0.621. The number of hydrogen-bond donors (Lipinski definition) is 0. The summed E-state index contributed by atoms with van der Waals surface area (Å²) in [7, 11) is 0. The number of hydrogen-bond acceptors (Lipinski definition) is 4. The Balaban J connectivity index is 1.14. The molecule has 0 bridgehead atoms. The topological polar surface area (TPSA) is 61.7 Å². The second kappa shape index (κ2) is 12.3. The van der Waals surface area contributed by atoms with Crippen molar-refractivity contribution in [2.45, 2.75) is 0 Å². The average molecular weight is 730 g/mol. The van der Waals surface area contributed by atoms with E-state index in [1.165, 1.54) is 10.8 Å². The first-order chi connectivity index (χ1) is 28.3. The number of aromatic nitrogens is 5. The van der Waals surface area contributed by atoms with E-state index < -0.39 is 0 Å². The van der Waals surface area contributed by atoms with Crippen LogP contribution in [-0.4, -0.2) is 24.1 Å². The quantitative estimate of drug-likeness (QED) is 0.177. The highest BCUT2D eigenvalue weighted by atomic mass is 16.3. The van der Waals surface area contributed by atoms with Crippen LogP contribution >= 0.6 is 0 Å². The van der Waals surface area contributed by atoms with E-state index in [1.54, 1.807) is 0 Å². The molecule has 0 amide bonds. The summed E-state index contributed by atoms with van der Waals surface area (Å²) >= 11 is 0. The van der Waals surface area contributed by atoms with Gasteiger partial charge in [0.15, 0.2) is 23.1 Å². The van der Waals surface area contributed by atoms with Crippen molar-refractivity contribution in [3.8, 4) is 45.5 Å². The van der Waals surface area contributed by atoms with Gasteiger partial charge in [-0.05, 0) is 60.7 Å². The van der Waals surface area contributed by atoms with E-state index >= 15 is 0 Å². The first kappa shape index (κ1) is 31.5. The van der Waals surface area contributed by atoms with Crippen LogP contribution in [0.4, 0.5) is 0 Å². The Morgan fingerprint density at radius 3 is 1.56 bits per heavy atom. The molecule has 0 radical (unpaired) electrons. The molecule has 0 spiro atoms. The van der Waals surface area contributed by atoms with Crippen LogP contribution in [0, 0.1) is 0 Å². The maximum absolute atomic E-state index is 6.94. The molecule has 0 saturated carbocycles. The maximum Gasteiger partial charge on any atom is 0.164 e. The zero-order chi connectivity index (χ0) is 37.5. The van der Waals surface area contributed by atoms with Gasteiger partial charge in [0.1, 0.15) is 5.58 Å². The normalized spacial score (nSPS) is 11.9. The molecule has 8 aromatic carbocycles. The summed E-state index contributed by atoms with van der Waals surface area (Å²) < 4.78 is 11.7. The number of nitrogens with zero attached hydrogens (tertiary/aromatic N) is 5. The lowest BCUT2D eigenvalue weighted by atomic mass is 10.1. The molecular formula is C51H31N5O. The molecule has 0 aliphatic rings. The van der Waals surface area contributed by atoms with Crippen molar-refractivity contribution in [1.82, 2.24) is 24.1 Å². The minimum atomic E-state index is 0.621. The second-order valence-corrected chi connectivity index (χ2v) is 14.4. The summed E-state index contributed by atoms with van der Waals surface area (Å²) in [6.07, 6.45) is 0. The van der Waals surface area contributed by atoms with Crippen molar-refractivity contribution in [1.29, 1.82) is 0 Å². The second-order valence-electron chi connectivity index (χ2n) is 14.4. The van der Waals surface area contributed by atoms with Gasteiger partial charge in [0.2, 0.25) is 0 Å². The molecule has 0 atom stereocenters. The number of benzene rings is 8. The smallest absolute Gasteiger partial charge is 0.164 e. The van der Waals surface area contributed by atoms with Crippen LogP contribution in [0.25, 0.3) is 111 Å². The Bertz CT molecular complexity index is 3400. The Kier molecular flexibility index (Phi) is 6.83. The molecule has 0 unspecified atom stereocenters. The third-order valence-corrected chi connectivity index (χ3v) is 11.2. The average Bonchev–Trinajstić information content (AvgIpc) is 3.95. The van der Waals surface area contributed by atoms with Gasteiger partial charge in [-0.25, -0.2) is 15.0 Å². The van der Waals surface area contributed by atoms with Crippen molar-refractivity contribution in [2.24, 2.45) is 0 Å². The zero-order valence-corrected chi connectivity index (χ0v) is 30.5. The van der Waals surface area contributed by atoms with Crippen molar-refractivity contribution in [2.75, 3.05) is 0 Å². The van der Waals surface area contributed by atoms with Crippen LogP contribution < -0.4 is 0 Å². The summed E-state index contributed by atoms with van der Waals surface area (Å²) in [5.74, 6) is 1.89. The molecule has 57 heavy (non-hydrogen) atoms. The Morgan fingerprint density at radius 2 is 0.912 bits per heavy atom. The van der Waals surface area contributed by atoms with Gasteiger partial charge >= 0.3 is 0 Å².